The first kappa shape index (κ1) is 32.2. The fourth-order valence-corrected chi connectivity index (χ4v) is 4.17. The Morgan fingerprint density at radius 1 is 0.773 bits per heavy atom. The quantitative estimate of drug-likeness (QED) is 0.112. The van der Waals surface area contributed by atoms with Crippen LogP contribution >= 0.6 is 0 Å². The van der Waals surface area contributed by atoms with Crippen LogP contribution in [-0.4, -0.2) is 16.1 Å². The van der Waals surface area contributed by atoms with Crippen LogP contribution < -0.4 is 4.74 Å². The van der Waals surface area contributed by atoms with Crippen molar-refractivity contribution in [3.63, 3.8) is 0 Å². The van der Waals surface area contributed by atoms with Gasteiger partial charge in [-0.2, -0.15) is 22.0 Å². The van der Waals surface area contributed by atoms with Crippen molar-refractivity contribution in [1.82, 2.24) is 9.97 Å². The summed E-state index contributed by atoms with van der Waals surface area (Å²) in [7, 11) is 0. The number of hydrogen-bond donors (Lipinski definition) is 0. The molecular weight excluding hydrogens is 599 g/mol. The van der Waals surface area contributed by atoms with Gasteiger partial charge in [0.15, 0.2) is 0 Å². The van der Waals surface area contributed by atoms with Crippen molar-refractivity contribution in [2.24, 2.45) is 0 Å². The van der Waals surface area contributed by atoms with Crippen molar-refractivity contribution < 1.29 is 44.3 Å². The summed E-state index contributed by atoms with van der Waals surface area (Å²) in [6, 6.07) is 4.01. The number of rotatable bonds is 8. The van der Waals surface area contributed by atoms with E-state index in [1.165, 1.54) is 5.92 Å². The van der Waals surface area contributed by atoms with Crippen molar-refractivity contribution >= 4 is 10.8 Å². The molecule has 0 aliphatic rings. The number of unbranched alkanes of at least 4 members (excludes halogenated alkanes) is 3. The van der Waals surface area contributed by atoms with Crippen LogP contribution in [0.2, 0.25) is 0 Å². The molecule has 1 aromatic heterocycles. The van der Waals surface area contributed by atoms with Crippen molar-refractivity contribution in [2.75, 3.05) is 0 Å². The largest absolute Gasteiger partial charge is 0.458 e. The highest BCUT2D eigenvalue weighted by Crippen LogP contribution is 2.37. The van der Waals surface area contributed by atoms with Gasteiger partial charge in [0, 0.05) is 29.3 Å². The number of aryl methyl sites for hydroxylation is 1. The zero-order valence-corrected chi connectivity index (χ0v) is 22.9. The molecule has 12 heteroatoms. The third kappa shape index (κ3) is 8.01. The second-order valence-corrected chi connectivity index (χ2v) is 9.59. The zero-order valence-electron chi connectivity index (χ0n) is 22.9. The molecule has 0 amide bonds. The minimum Gasteiger partial charge on any atom is -0.429 e. The van der Waals surface area contributed by atoms with E-state index < -0.39 is 57.8 Å². The summed E-state index contributed by atoms with van der Waals surface area (Å²) in [4.78, 5) is 8.17. The Morgan fingerprint density at radius 2 is 1.45 bits per heavy atom. The van der Waals surface area contributed by atoms with Gasteiger partial charge in [-0.05, 0) is 66.1 Å². The van der Waals surface area contributed by atoms with Gasteiger partial charge in [0.25, 0.3) is 0 Å². The number of aromatic nitrogens is 2. The maximum Gasteiger partial charge on any atom is 0.458 e. The summed E-state index contributed by atoms with van der Waals surface area (Å²) < 4.78 is 130. The molecule has 0 saturated carbocycles. The van der Waals surface area contributed by atoms with E-state index in [1.54, 1.807) is 12.4 Å². The number of benzene rings is 3. The second-order valence-electron chi connectivity index (χ2n) is 9.59. The van der Waals surface area contributed by atoms with E-state index in [-0.39, 0.29) is 16.8 Å². The number of halogens is 9. The van der Waals surface area contributed by atoms with E-state index in [0.29, 0.717) is 18.2 Å². The summed E-state index contributed by atoms with van der Waals surface area (Å²) in [6.45, 7) is 2.10. The molecule has 0 unspecified atom stereocenters. The van der Waals surface area contributed by atoms with Crippen LogP contribution in [0.3, 0.4) is 0 Å². The van der Waals surface area contributed by atoms with Gasteiger partial charge >= 0.3 is 12.3 Å². The lowest BCUT2D eigenvalue weighted by atomic mass is 10.0. The molecular formula is C32H21F9N2O. The van der Waals surface area contributed by atoms with E-state index in [0.717, 1.165) is 61.8 Å². The summed E-state index contributed by atoms with van der Waals surface area (Å²) >= 11 is 0. The lowest BCUT2D eigenvalue weighted by molar-refractivity contribution is -0.189. The molecule has 0 saturated heterocycles. The highest BCUT2D eigenvalue weighted by atomic mass is 19.4. The Balaban J connectivity index is 1.53. The van der Waals surface area contributed by atoms with E-state index in [4.69, 9.17) is 0 Å². The Morgan fingerprint density at radius 3 is 2.09 bits per heavy atom. The Kier molecular flexibility index (Phi) is 9.73. The molecule has 0 fully saturated rings. The molecule has 228 valence electrons. The van der Waals surface area contributed by atoms with E-state index in [1.807, 2.05) is 0 Å². The third-order valence-electron chi connectivity index (χ3n) is 6.25. The Labute approximate surface area is 246 Å². The first-order valence-corrected chi connectivity index (χ1v) is 13.2. The van der Waals surface area contributed by atoms with Gasteiger partial charge < -0.3 is 4.74 Å². The first-order chi connectivity index (χ1) is 20.8. The molecule has 44 heavy (non-hydrogen) atoms. The average Bonchev–Trinajstić information content (AvgIpc) is 2.93. The third-order valence-corrected chi connectivity index (χ3v) is 6.25. The number of fused-ring (bicyclic) bond motifs is 1. The van der Waals surface area contributed by atoms with E-state index in [9.17, 15) is 39.5 Å². The topological polar surface area (TPSA) is 35.0 Å². The smallest absolute Gasteiger partial charge is 0.429 e. The fourth-order valence-electron chi connectivity index (χ4n) is 4.17. The Bertz CT molecular complexity index is 1770. The average molecular weight is 621 g/mol. The summed E-state index contributed by atoms with van der Waals surface area (Å²) in [5.41, 5.74) is -2.31. The molecule has 0 N–H and O–H groups in total. The minimum atomic E-state index is -5.01. The fraction of sp³-hybridized carbons (Fsp3) is 0.250. The van der Waals surface area contributed by atoms with Crippen molar-refractivity contribution in [1.29, 1.82) is 0 Å². The molecule has 0 radical (unpaired) electrons. The molecule has 0 aliphatic carbocycles. The standard InChI is InChI=1S/C32H21F9N2O/c1-2-3-4-5-6-20-17-42-28(43-18-20)10-7-19-13-26(34)29(27(35)14-19)32(40,41)44-22-8-9-23-21(15-22)16-25(33)24(30(23)36)11-12-31(37,38)39/h8-9,13-18H,2-6H2,1H3. The summed E-state index contributed by atoms with van der Waals surface area (Å²) in [5, 5.41) is -0.844. The van der Waals surface area contributed by atoms with Gasteiger partial charge in [-0.3, -0.25) is 0 Å². The highest BCUT2D eigenvalue weighted by Gasteiger charge is 2.41. The molecule has 0 bridgehead atoms. The monoisotopic (exact) mass is 620 g/mol. The number of ether oxygens (including phenoxy) is 1. The molecule has 0 aliphatic heterocycles. The maximum absolute atomic E-state index is 14.9. The van der Waals surface area contributed by atoms with Gasteiger partial charge in [0.05, 0.1) is 5.56 Å². The summed E-state index contributed by atoms with van der Waals surface area (Å²) in [5.74, 6) is 0.0207. The van der Waals surface area contributed by atoms with Crippen LogP contribution in [0.5, 0.6) is 5.75 Å². The van der Waals surface area contributed by atoms with Crippen LogP contribution in [0.25, 0.3) is 10.8 Å². The molecule has 1 heterocycles. The summed E-state index contributed by atoms with van der Waals surface area (Å²) in [6.07, 6.45) is -1.38. The normalized spacial score (nSPS) is 11.5. The molecule has 3 aromatic carbocycles. The van der Waals surface area contributed by atoms with E-state index in [2.05, 4.69) is 33.5 Å². The van der Waals surface area contributed by atoms with Crippen molar-refractivity contribution in [2.45, 2.75) is 51.3 Å². The van der Waals surface area contributed by atoms with Gasteiger partial charge in [0.1, 0.15) is 34.6 Å². The lowest BCUT2D eigenvalue weighted by Crippen LogP contribution is -2.25. The first-order valence-electron chi connectivity index (χ1n) is 13.2. The van der Waals surface area contributed by atoms with Gasteiger partial charge in [-0.15, -0.1) is 0 Å². The van der Waals surface area contributed by atoms with Crippen LogP contribution in [0.4, 0.5) is 39.5 Å². The van der Waals surface area contributed by atoms with Crippen LogP contribution in [0.15, 0.2) is 48.8 Å². The second kappa shape index (κ2) is 13.3. The predicted molar refractivity (Wildman–Crippen MR) is 144 cm³/mol. The number of hydrogen-bond acceptors (Lipinski definition) is 3. The van der Waals surface area contributed by atoms with E-state index >= 15 is 0 Å². The van der Waals surface area contributed by atoms with Crippen molar-refractivity contribution in [3.05, 3.63) is 100 Å². The predicted octanol–water partition coefficient (Wildman–Crippen LogP) is 8.75. The van der Waals surface area contributed by atoms with Crippen LogP contribution in [0, 0.1) is 47.0 Å². The minimum absolute atomic E-state index is 0.0598. The SMILES string of the molecule is CCCCCCc1cnc(C#Cc2cc(F)c(C(F)(F)Oc3ccc4c(F)c(C#CC(F)(F)F)c(F)cc4c3)c(F)c2)nc1. The highest BCUT2D eigenvalue weighted by molar-refractivity contribution is 5.86. The van der Waals surface area contributed by atoms with Crippen molar-refractivity contribution in [3.8, 4) is 29.4 Å². The van der Waals surface area contributed by atoms with Crippen LogP contribution in [0.1, 0.15) is 60.7 Å². The van der Waals surface area contributed by atoms with Crippen LogP contribution in [-0.2, 0) is 12.5 Å². The molecule has 4 rings (SSSR count). The Hall–Kier alpha value is -4.71. The number of alkyl halides is 5. The molecule has 0 atom stereocenters. The van der Waals surface area contributed by atoms with Gasteiger partial charge in [0.2, 0.25) is 5.82 Å². The number of nitrogens with zero attached hydrogens (tertiary/aromatic N) is 2. The maximum atomic E-state index is 14.9. The van der Waals surface area contributed by atoms with Gasteiger partial charge in [-0.1, -0.05) is 38.0 Å². The lowest BCUT2D eigenvalue weighted by Gasteiger charge is -2.20. The zero-order chi connectivity index (χ0) is 32.1. The molecule has 0 spiro atoms. The molecule has 3 nitrogen and oxygen atoms in total. The van der Waals surface area contributed by atoms with Gasteiger partial charge in [-0.25, -0.2) is 27.5 Å². The molecule has 4 aromatic rings.